The number of amides is 1. The van der Waals surface area contributed by atoms with Crippen LogP contribution in [0.3, 0.4) is 0 Å². The molecule has 31 heavy (non-hydrogen) atoms. The van der Waals surface area contributed by atoms with Gasteiger partial charge in [0.25, 0.3) is 0 Å². The lowest BCUT2D eigenvalue weighted by Gasteiger charge is -2.31. The molecular weight excluding hydrogens is 432 g/mol. The zero-order valence-corrected chi connectivity index (χ0v) is 20.1. The van der Waals surface area contributed by atoms with Crippen molar-refractivity contribution in [2.45, 2.75) is 42.5 Å². The van der Waals surface area contributed by atoms with E-state index in [0.717, 1.165) is 11.1 Å². The smallest absolute Gasteiger partial charge is 0.246 e. The van der Waals surface area contributed by atoms with Gasteiger partial charge < -0.3 is 10.1 Å². The monoisotopic (exact) mass is 462 g/mol. The maximum absolute atomic E-state index is 13.2. The Labute approximate surface area is 189 Å². The van der Waals surface area contributed by atoms with E-state index < -0.39 is 10.0 Å². The summed E-state index contributed by atoms with van der Waals surface area (Å²) in [5.74, 6) is 0.122. The van der Waals surface area contributed by atoms with Crippen molar-refractivity contribution in [3.05, 3.63) is 53.6 Å². The minimum Gasteiger partial charge on any atom is -0.495 e. The number of benzene rings is 2. The molecule has 1 atom stereocenters. The van der Waals surface area contributed by atoms with Crippen LogP contribution < -0.4 is 10.1 Å². The molecule has 1 saturated heterocycles. The molecule has 1 aliphatic heterocycles. The van der Waals surface area contributed by atoms with Crippen LogP contribution in [-0.4, -0.2) is 45.1 Å². The van der Waals surface area contributed by atoms with Crippen LogP contribution in [0.4, 0.5) is 0 Å². The van der Waals surface area contributed by atoms with Gasteiger partial charge in [0.15, 0.2) is 0 Å². The molecule has 0 saturated carbocycles. The first-order valence-electron chi connectivity index (χ1n) is 10.4. The minimum atomic E-state index is -3.67. The lowest BCUT2D eigenvalue weighted by atomic mass is 9.96. The topological polar surface area (TPSA) is 75.7 Å². The molecule has 1 amide bonds. The lowest BCUT2D eigenvalue weighted by molar-refractivity contribution is -0.126. The predicted molar refractivity (Wildman–Crippen MR) is 124 cm³/mol. The fraction of sp³-hybridized carbons (Fsp3) is 0.435. The number of hydrogen-bond donors (Lipinski definition) is 1. The number of nitrogens with one attached hydrogen (secondary N) is 1. The highest BCUT2D eigenvalue weighted by atomic mass is 32.2. The van der Waals surface area contributed by atoms with Crippen molar-refractivity contribution in [3.8, 4) is 5.75 Å². The van der Waals surface area contributed by atoms with E-state index in [1.54, 1.807) is 23.9 Å². The van der Waals surface area contributed by atoms with E-state index >= 15 is 0 Å². The van der Waals surface area contributed by atoms with Crippen molar-refractivity contribution in [2.24, 2.45) is 5.92 Å². The molecular formula is C23H30N2O4S2. The number of rotatable bonds is 7. The number of hydrogen-bond acceptors (Lipinski definition) is 5. The van der Waals surface area contributed by atoms with Crippen LogP contribution in [0.1, 0.15) is 36.9 Å². The molecule has 168 valence electrons. The van der Waals surface area contributed by atoms with Crippen LogP contribution in [0.5, 0.6) is 5.75 Å². The van der Waals surface area contributed by atoms with Gasteiger partial charge in [-0.05, 0) is 68.3 Å². The summed E-state index contributed by atoms with van der Waals surface area (Å²) in [5.41, 5.74) is 1.91. The average Bonchev–Trinajstić information content (AvgIpc) is 2.79. The summed E-state index contributed by atoms with van der Waals surface area (Å²) >= 11 is 1.68. The Morgan fingerprint density at radius 3 is 2.39 bits per heavy atom. The molecule has 0 radical (unpaired) electrons. The molecule has 0 aromatic heterocycles. The average molecular weight is 463 g/mol. The molecule has 0 spiro atoms. The van der Waals surface area contributed by atoms with Gasteiger partial charge >= 0.3 is 0 Å². The van der Waals surface area contributed by atoms with Gasteiger partial charge in [-0.2, -0.15) is 4.31 Å². The molecule has 0 unspecified atom stereocenters. The van der Waals surface area contributed by atoms with Crippen molar-refractivity contribution in [2.75, 3.05) is 26.5 Å². The van der Waals surface area contributed by atoms with E-state index in [4.69, 9.17) is 4.74 Å². The molecule has 1 heterocycles. The Hall–Kier alpha value is -2.03. The molecule has 1 N–H and O–H groups in total. The highest BCUT2D eigenvalue weighted by Crippen LogP contribution is 2.31. The van der Waals surface area contributed by atoms with Gasteiger partial charge in [-0.3, -0.25) is 4.79 Å². The van der Waals surface area contributed by atoms with Crippen LogP contribution in [0.2, 0.25) is 0 Å². The fourth-order valence-electron chi connectivity index (χ4n) is 3.79. The minimum absolute atomic E-state index is 0.0216. The maximum atomic E-state index is 13.2. The number of nitrogens with zero attached hydrogens (tertiary/aromatic N) is 1. The number of sulfonamides is 1. The van der Waals surface area contributed by atoms with Crippen LogP contribution in [-0.2, 0) is 14.8 Å². The Balaban J connectivity index is 1.62. The van der Waals surface area contributed by atoms with E-state index in [2.05, 4.69) is 5.32 Å². The van der Waals surface area contributed by atoms with Crippen LogP contribution in [0.15, 0.2) is 52.3 Å². The first-order valence-corrected chi connectivity index (χ1v) is 13.0. The van der Waals surface area contributed by atoms with E-state index in [1.165, 1.54) is 16.3 Å². The SMILES string of the molecule is COc1ccc(C)cc1S(=O)(=O)N1CCC(C(=O)N[C@@H](C)c2ccc(SC)cc2)CC1. The van der Waals surface area contributed by atoms with Gasteiger partial charge in [-0.25, -0.2) is 8.42 Å². The lowest BCUT2D eigenvalue weighted by Crippen LogP contribution is -2.43. The van der Waals surface area contributed by atoms with Crippen molar-refractivity contribution >= 4 is 27.7 Å². The van der Waals surface area contributed by atoms with E-state index in [-0.39, 0.29) is 22.8 Å². The number of thioether (sulfide) groups is 1. The van der Waals surface area contributed by atoms with Crippen LogP contribution >= 0.6 is 11.8 Å². The number of carbonyl (C=O) groups excluding carboxylic acids is 1. The van der Waals surface area contributed by atoms with Crippen molar-refractivity contribution in [3.63, 3.8) is 0 Å². The van der Waals surface area contributed by atoms with E-state index in [9.17, 15) is 13.2 Å². The summed E-state index contributed by atoms with van der Waals surface area (Å²) in [4.78, 5) is 14.1. The van der Waals surface area contributed by atoms with Gasteiger partial charge in [0.1, 0.15) is 10.6 Å². The highest BCUT2D eigenvalue weighted by Gasteiger charge is 2.34. The Morgan fingerprint density at radius 2 is 1.81 bits per heavy atom. The number of aryl methyl sites for hydroxylation is 1. The summed E-state index contributed by atoms with van der Waals surface area (Å²) in [6, 6.07) is 13.2. The molecule has 1 fully saturated rings. The molecule has 8 heteroatoms. The zero-order valence-electron chi connectivity index (χ0n) is 18.4. The normalized spacial score (nSPS) is 16.6. The molecule has 0 aliphatic carbocycles. The second kappa shape index (κ2) is 10.1. The van der Waals surface area contributed by atoms with Crippen LogP contribution in [0.25, 0.3) is 0 Å². The van der Waals surface area contributed by atoms with E-state index in [0.29, 0.717) is 31.7 Å². The number of ether oxygens (including phenoxy) is 1. The summed E-state index contributed by atoms with van der Waals surface area (Å²) < 4.78 is 33.0. The highest BCUT2D eigenvalue weighted by molar-refractivity contribution is 7.98. The number of carbonyl (C=O) groups is 1. The van der Waals surface area contributed by atoms with Gasteiger partial charge in [0, 0.05) is 23.9 Å². The molecule has 3 rings (SSSR count). The molecule has 2 aromatic rings. The van der Waals surface area contributed by atoms with Crippen molar-refractivity contribution < 1.29 is 17.9 Å². The Kier molecular flexibility index (Phi) is 7.67. The maximum Gasteiger partial charge on any atom is 0.246 e. The molecule has 1 aliphatic rings. The third-order valence-corrected chi connectivity index (χ3v) is 8.40. The third-order valence-electron chi connectivity index (χ3n) is 5.74. The second-order valence-electron chi connectivity index (χ2n) is 7.84. The van der Waals surface area contributed by atoms with Crippen molar-refractivity contribution in [1.29, 1.82) is 0 Å². The third kappa shape index (κ3) is 5.42. The van der Waals surface area contributed by atoms with Crippen LogP contribution in [0, 0.1) is 12.8 Å². The Bertz CT molecular complexity index is 1010. The zero-order chi connectivity index (χ0) is 22.6. The van der Waals surface area contributed by atoms with Gasteiger partial charge in [0.05, 0.1) is 13.2 Å². The van der Waals surface area contributed by atoms with Crippen molar-refractivity contribution in [1.82, 2.24) is 9.62 Å². The fourth-order valence-corrected chi connectivity index (χ4v) is 5.91. The largest absolute Gasteiger partial charge is 0.495 e. The molecule has 0 bridgehead atoms. The molecule has 6 nitrogen and oxygen atoms in total. The summed E-state index contributed by atoms with van der Waals surface area (Å²) in [7, 11) is -2.21. The summed E-state index contributed by atoms with van der Waals surface area (Å²) in [6.07, 6.45) is 3.02. The number of methoxy groups -OCH3 is 1. The summed E-state index contributed by atoms with van der Waals surface area (Å²) in [6.45, 7) is 4.45. The standard InChI is InChI=1S/C23H30N2O4S2/c1-16-5-10-21(29-3)22(15-16)31(27,28)25-13-11-19(12-14-25)23(26)24-17(2)18-6-8-20(30-4)9-7-18/h5-10,15,17,19H,11-14H2,1-4H3,(H,24,26)/t17-/m0/s1. The van der Waals surface area contributed by atoms with Gasteiger partial charge in [-0.1, -0.05) is 18.2 Å². The first-order chi connectivity index (χ1) is 14.8. The Morgan fingerprint density at radius 1 is 1.16 bits per heavy atom. The van der Waals surface area contributed by atoms with E-state index in [1.807, 2.05) is 50.4 Å². The second-order valence-corrected chi connectivity index (χ2v) is 10.6. The first kappa shape index (κ1) is 23.6. The quantitative estimate of drug-likeness (QED) is 0.630. The van der Waals surface area contributed by atoms with Gasteiger partial charge in [0.2, 0.25) is 15.9 Å². The molecule has 2 aromatic carbocycles. The predicted octanol–water partition coefficient (Wildman–Crippen LogP) is 4.00. The van der Waals surface area contributed by atoms with Gasteiger partial charge in [-0.15, -0.1) is 11.8 Å². The summed E-state index contributed by atoms with van der Waals surface area (Å²) in [5, 5.41) is 3.08. The number of piperidine rings is 1.